The van der Waals surface area contributed by atoms with Gasteiger partial charge >= 0.3 is 0 Å². The fourth-order valence-electron chi connectivity index (χ4n) is 1.69. The molecule has 1 rings (SSSR count). The first-order valence-electron chi connectivity index (χ1n) is 4.40. The molecule has 0 aromatic carbocycles. The molecule has 1 heterocycles. The standard InChI is InChI=1S/C8H18NO2/c10-7-9(8-11)5-3-1-2-4-6-9/h10-11H,1-8H2/q+1. The monoisotopic (exact) mass is 160 g/mol. The number of rotatable bonds is 2. The number of aliphatic hydroxyl groups is 2. The first-order chi connectivity index (χ1) is 5.33. The minimum atomic E-state index is 0.0938. The van der Waals surface area contributed by atoms with Crippen LogP contribution in [0.25, 0.3) is 0 Å². The average Bonchev–Trinajstić information content (AvgIpc) is 2.30. The van der Waals surface area contributed by atoms with Gasteiger partial charge in [-0.2, -0.15) is 0 Å². The molecule has 66 valence electrons. The van der Waals surface area contributed by atoms with Crippen LogP contribution < -0.4 is 0 Å². The Hall–Kier alpha value is -0.120. The Bertz CT molecular complexity index is 103. The average molecular weight is 160 g/mol. The molecule has 0 saturated carbocycles. The largest absolute Gasteiger partial charge is 0.347 e. The molecule has 11 heavy (non-hydrogen) atoms. The minimum absolute atomic E-state index is 0.0938. The zero-order valence-corrected chi connectivity index (χ0v) is 7.00. The fraction of sp³-hybridized carbons (Fsp3) is 1.00. The van der Waals surface area contributed by atoms with E-state index in [0.717, 1.165) is 25.9 Å². The van der Waals surface area contributed by atoms with Crippen molar-refractivity contribution in [3.63, 3.8) is 0 Å². The smallest absolute Gasteiger partial charge is 0.182 e. The molecule has 0 aliphatic carbocycles. The van der Waals surface area contributed by atoms with Gasteiger partial charge in [0.1, 0.15) is 0 Å². The molecule has 2 N–H and O–H groups in total. The van der Waals surface area contributed by atoms with Gasteiger partial charge in [-0.3, -0.25) is 4.48 Å². The second kappa shape index (κ2) is 4.04. The normalized spacial score (nSPS) is 24.5. The van der Waals surface area contributed by atoms with E-state index in [4.69, 9.17) is 10.2 Å². The van der Waals surface area contributed by atoms with Gasteiger partial charge < -0.3 is 10.2 Å². The third-order valence-corrected chi connectivity index (χ3v) is 2.61. The van der Waals surface area contributed by atoms with Crippen molar-refractivity contribution in [3.05, 3.63) is 0 Å². The summed E-state index contributed by atoms with van der Waals surface area (Å²) in [5, 5.41) is 18.2. The van der Waals surface area contributed by atoms with Gasteiger partial charge in [0.2, 0.25) is 0 Å². The predicted molar refractivity (Wildman–Crippen MR) is 42.6 cm³/mol. The Morgan fingerprint density at radius 2 is 1.27 bits per heavy atom. The molecule has 0 bridgehead atoms. The fourth-order valence-corrected chi connectivity index (χ4v) is 1.69. The highest BCUT2D eigenvalue weighted by atomic mass is 16.3. The highest BCUT2D eigenvalue weighted by Crippen LogP contribution is 2.16. The third-order valence-electron chi connectivity index (χ3n) is 2.61. The quantitative estimate of drug-likeness (QED) is 0.569. The van der Waals surface area contributed by atoms with Gasteiger partial charge in [-0.25, -0.2) is 0 Å². The summed E-state index contributed by atoms with van der Waals surface area (Å²) >= 11 is 0. The number of hydrogen-bond acceptors (Lipinski definition) is 2. The van der Waals surface area contributed by atoms with E-state index in [2.05, 4.69) is 0 Å². The minimum Gasteiger partial charge on any atom is -0.347 e. The summed E-state index contributed by atoms with van der Waals surface area (Å²) < 4.78 is 0.500. The highest BCUT2D eigenvalue weighted by Gasteiger charge is 2.26. The molecular weight excluding hydrogens is 142 g/mol. The van der Waals surface area contributed by atoms with Gasteiger partial charge in [0.25, 0.3) is 0 Å². The van der Waals surface area contributed by atoms with Crippen LogP contribution in [-0.4, -0.2) is 41.2 Å². The number of aliphatic hydroxyl groups excluding tert-OH is 2. The Morgan fingerprint density at radius 1 is 0.818 bits per heavy atom. The molecule has 1 aliphatic rings. The lowest BCUT2D eigenvalue weighted by Crippen LogP contribution is -2.49. The van der Waals surface area contributed by atoms with Crippen LogP contribution >= 0.6 is 0 Å². The van der Waals surface area contributed by atoms with Gasteiger partial charge in [0.15, 0.2) is 13.5 Å². The van der Waals surface area contributed by atoms with E-state index in [0.29, 0.717) is 4.48 Å². The van der Waals surface area contributed by atoms with Crippen LogP contribution in [0.4, 0.5) is 0 Å². The molecule has 1 aliphatic heterocycles. The van der Waals surface area contributed by atoms with E-state index >= 15 is 0 Å². The molecule has 0 aromatic rings. The molecule has 0 atom stereocenters. The summed E-state index contributed by atoms with van der Waals surface area (Å²) in [5.41, 5.74) is 0. The Kier molecular flexibility index (Phi) is 3.30. The van der Waals surface area contributed by atoms with Crippen LogP contribution in [0.3, 0.4) is 0 Å². The van der Waals surface area contributed by atoms with Crippen LogP contribution in [0.2, 0.25) is 0 Å². The number of hydrogen-bond donors (Lipinski definition) is 2. The lowest BCUT2D eigenvalue weighted by atomic mass is 10.2. The van der Waals surface area contributed by atoms with Crippen LogP contribution in [-0.2, 0) is 0 Å². The zero-order valence-electron chi connectivity index (χ0n) is 7.00. The summed E-state index contributed by atoms with van der Waals surface area (Å²) in [7, 11) is 0. The Morgan fingerprint density at radius 3 is 1.64 bits per heavy atom. The van der Waals surface area contributed by atoms with E-state index in [-0.39, 0.29) is 13.5 Å². The molecule has 1 fully saturated rings. The highest BCUT2D eigenvalue weighted by molar-refractivity contribution is 4.49. The second-order valence-electron chi connectivity index (χ2n) is 3.49. The van der Waals surface area contributed by atoms with E-state index in [1.807, 2.05) is 0 Å². The molecule has 0 amide bonds. The van der Waals surface area contributed by atoms with Crippen molar-refractivity contribution in [1.29, 1.82) is 0 Å². The van der Waals surface area contributed by atoms with Crippen molar-refractivity contribution in [3.8, 4) is 0 Å². The van der Waals surface area contributed by atoms with Crippen LogP contribution in [0.5, 0.6) is 0 Å². The van der Waals surface area contributed by atoms with Crippen LogP contribution in [0.1, 0.15) is 25.7 Å². The molecule has 3 heteroatoms. The van der Waals surface area contributed by atoms with Crippen molar-refractivity contribution >= 4 is 0 Å². The van der Waals surface area contributed by atoms with Crippen molar-refractivity contribution in [2.45, 2.75) is 25.7 Å². The van der Waals surface area contributed by atoms with Gasteiger partial charge in [0.05, 0.1) is 13.1 Å². The molecule has 0 unspecified atom stereocenters. The maximum atomic E-state index is 9.08. The summed E-state index contributed by atoms with van der Waals surface area (Å²) in [6, 6.07) is 0. The maximum absolute atomic E-state index is 9.08. The molecular formula is C8H18NO2+. The first-order valence-corrected chi connectivity index (χ1v) is 4.40. The Balaban J connectivity index is 2.49. The van der Waals surface area contributed by atoms with Gasteiger partial charge in [-0.05, 0) is 25.7 Å². The number of nitrogens with zero attached hydrogens (tertiary/aromatic N) is 1. The SMILES string of the molecule is OC[N+]1(CO)CCCCCC1. The number of likely N-dealkylation sites (tertiary alicyclic amines) is 1. The van der Waals surface area contributed by atoms with Crippen molar-refractivity contribution in [1.82, 2.24) is 0 Å². The lowest BCUT2D eigenvalue weighted by Gasteiger charge is -2.32. The summed E-state index contributed by atoms with van der Waals surface area (Å²) in [6.45, 7) is 2.06. The van der Waals surface area contributed by atoms with E-state index in [1.54, 1.807) is 0 Å². The van der Waals surface area contributed by atoms with Gasteiger partial charge in [0, 0.05) is 0 Å². The summed E-state index contributed by atoms with van der Waals surface area (Å²) in [4.78, 5) is 0. The zero-order chi connectivity index (χ0) is 8.16. The van der Waals surface area contributed by atoms with Gasteiger partial charge in [-0.1, -0.05) is 0 Å². The number of quaternary nitrogens is 1. The predicted octanol–water partition coefficient (Wildman–Crippen LogP) is 0.277. The van der Waals surface area contributed by atoms with Gasteiger partial charge in [-0.15, -0.1) is 0 Å². The lowest BCUT2D eigenvalue weighted by molar-refractivity contribution is -0.960. The second-order valence-corrected chi connectivity index (χ2v) is 3.49. The third kappa shape index (κ3) is 2.15. The molecule has 3 nitrogen and oxygen atoms in total. The Labute approximate surface area is 67.8 Å². The van der Waals surface area contributed by atoms with E-state index in [1.165, 1.54) is 12.8 Å². The molecule has 0 radical (unpaired) electrons. The molecule has 1 saturated heterocycles. The topological polar surface area (TPSA) is 40.5 Å². The maximum Gasteiger partial charge on any atom is 0.182 e. The summed E-state index contributed by atoms with van der Waals surface area (Å²) in [6.07, 6.45) is 4.78. The van der Waals surface area contributed by atoms with E-state index < -0.39 is 0 Å². The molecule has 0 aromatic heterocycles. The first kappa shape index (κ1) is 8.97. The van der Waals surface area contributed by atoms with Crippen molar-refractivity contribution < 1.29 is 14.7 Å². The van der Waals surface area contributed by atoms with E-state index in [9.17, 15) is 0 Å². The van der Waals surface area contributed by atoms with Crippen LogP contribution in [0.15, 0.2) is 0 Å². The summed E-state index contributed by atoms with van der Waals surface area (Å²) in [5.74, 6) is 0. The van der Waals surface area contributed by atoms with Crippen molar-refractivity contribution in [2.75, 3.05) is 26.6 Å². The molecule has 0 spiro atoms. The van der Waals surface area contributed by atoms with Crippen LogP contribution in [0, 0.1) is 0 Å². The van der Waals surface area contributed by atoms with Crippen molar-refractivity contribution in [2.24, 2.45) is 0 Å².